The first-order valence-electron chi connectivity index (χ1n) is 5.01. The maximum atomic E-state index is 5.40. The highest BCUT2D eigenvalue weighted by Gasteiger charge is 2.06. The molecule has 80 valence electrons. The van der Waals surface area contributed by atoms with Gasteiger partial charge in [-0.15, -0.1) is 0 Å². The van der Waals surface area contributed by atoms with Gasteiger partial charge in [-0.1, -0.05) is 13.8 Å². The molecule has 1 heterocycles. The summed E-state index contributed by atoms with van der Waals surface area (Å²) >= 11 is 1.43. The van der Waals surface area contributed by atoms with E-state index in [1.54, 1.807) is 0 Å². The average molecular weight is 214 g/mol. The van der Waals surface area contributed by atoms with Gasteiger partial charge in [0, 0.05) is 24.0 Å². The fourth-order valence-electron chi connectivity index (χ4n) is 1.01. The highest BCUT2D eigenvalue weighted by atomic mass is 32.1. The van der Waals surface area contributed by atoms with E-state index in [-0.39, 0.29) is 0 Å². The summed E-state index contributed by atoms with van der Waals surface area (Å²) in [7, 11) is 0. The summed E-state index contributed by atoms with van der Waals surface area (Å²) in [5, 5.41) is 4.17. The lowest BCUT2D eigenvalue weighted by Crippen LogP contribution is -2.05. The van der Waals surface area contributed by atoms with Gasteiger partial charge in [0.05, 0.1) is 0 Å². The molecule has 0 aliphatic heterocycles. The Kier molecular flexibility index (Phi) is 4.82. The van der Waals surface area contributed by atoms with E-state index in [1.165, 1.54) is 11.5 Å². The third kappa shape index (κ3) is 3.59. The summed E-state index contributed by atoms with van der Waals surface area (Å²) in [6.07, 6.45) is 2.15. The van der Waals surface area contributed by atoms with Crippen LogP contribution in [-0.2, 0) is 0 Å². The highest BCUT2D eigenvalue weighted by Crippen LogP contribution is 2.16. The van der Waals surface area contributed by atoms with Crippen molar-refractivity contribution in [2.24, 2.45) is 5.73 Å². The van der Waals surface area contributed by atoms with Crippen LogP contribution in [0.3, 0.4) is 0 Å². The third-order valence-electron chi connectivity index (χ3n) is 1.87. The molecular formula is C9H18N4S. The van der Waals surface area contributed by atoms with Crippen molar-refractivity contribution in [3.05, 3.63) is 5.82 Å². The first-order chi connectivity index (χ1) is 6.74. The Morgan fingerprint density at radius 1 is 1.43 bits per heavy atom. The molecule has 0 saturated heterocycles. The van der Waals surface area contributed by atoms with Gasteiger partial charge in [0.2, 0.25) is 5.13 Å². The standard InChI is InChI=1S/C9H18N4S/c1-7(2)8-12-9(14-13-8)11-6-4-3-5-10/h7H,3-6,10H2,1-2H3,(H,11,12,13). The zero-order valence-corrected chi connectivity index (χ0v) is 9.60. The molecule has 0 amide bonds. The van der Waals surface area contributed by atoms with Crippen molar-refractivity contribution in [1.29, 1.82) is 0 Å². The monoisotopic (exact) mass is 214 g/mol. The molecule has 1 aromatic heterocycles. The van der Waals surface area contributed by atoms with Crippen molar-refractivity contribution in [2.45, 2.75) is 32.6 Å². The fraction of sp³-hybridized carbons (Fsp3) is 0.778. The Labute approximate surface area is 89.1 Å². The Balaban J connectivity index is 2.29. The summed E-state index contributed by atoms with van der Waals surface area (Å²) < 4.78 is 4.26. The lowest BCUT2D eigenvalue weighted by Gasteiger charge is -2.00. The van der Waals surface area contributed by atoms with E-state index in [4.69, 9.17) is 5.73 Å². The highest BCUT2D eigenvalue weighted by molar-refractivity contribution is 7.09. The van der Waals surface area contributed by atoms with Crippen molar-refractivity contribution >= 4 is 16.7 Å². The molecule has 5 heteroatoms. The normalized spacial score (nSPS) is 10.9. The number of aromatic nitrogens is 2. The van der Waals surface area contributed by atoms with Crippen molar-refractivity contribution in [3.63, 3.8) is 0 Å². The summed E-state index contributed by atoms with van der Waals surface area (Å²) in [6, 6.07) is 0. The quantitative estimate of drug-likeness (QED) is 0.709. The van der Waals surface area contributed by atoms with Crippen LogP contribution in [0.1, 0.15) is 38.4 Å². The lowest BCUT2D eigenvalue weighted by atomic mass is 10.2. The van der Waals surface area contributed by atoms with Gasteiger partial charge >= 0.3 is 0 Å². The molecule has 0 spiro atoms. The SMILES string of the molecule is CC(C)c1nsc(NCCCCN)n1. The smallest absolute Gasteiger partial charge is 0.202 e. The minimum Gasteiger partial charge on any atom is -0.360 e. The molecular weight excluding hydrogens is 196 g/mol. The van der Waals surface area contributed by atoms with E-state index in [0.29, 0.717) is 5.92 Å². The van der Waals surface area contributed by atoms with Crippen LogP contribution in [0.5, 0.6) is 0 Å². The topological polar surface area (TPSA) is 63.8 Å². The van der Waals surface area contributed by atoms with Crippen molar-refractivity contribution < 1.29 is 0 Å². The number of rotatable bonds is 6. The fourth-order valence-corrected chi connectivity index (χ4v) is 1.74. The molecule has 0 bridgehead atoms. The molecule has 0 aromatic carbocycles. The molecule has 1 aromatic rings. The summed E-state index contributed by atoms with van der Waals surface area (Å²) in [5.74, 6) is 1.34. The minimum atomic E-state index is 0.408. The molecule has 3 N–H and O–H groups in total. The first-order valence-corrected chi connectivity index (χ1v) is 5.79. The van der Waals surface area contributed by atoms with Crippen molar-refractivity contribution in [3.8, 4) is 0 Å². The number of hydrogen-bond donors (Lipinski definition) is 2. The number of nitrogens with zero attached hydrogens (tertiary/aromatic N) is 2. The van der Waals surface area contributed by atoms with E-state index in [9.17, 15) is 0 Å². The maximum absolute atomic E-state index is 5.40. The van der Waals surface area contributed by atoms with Gasteiger partial charge in [0.1, 0.15) is 5.82 Å². The van der Waals surface area contributed by atoms with E-state index in [0.717, 1.165) is 36.9 Å². The zero-order valence-electron chi connectivity index (χ0n) is 8.79. The number of hydrogen-bond acceptors (Lipinski definition) is 5. The second-order valence-corrected chi connectivity index (χ2v) is 4.29. The van der Waals surface area contributed by atoms with Crippen LogP contribution in [0.15, 0.2) is 0 Å². The van der Waals surface area contributed by atoms with E-state index < -0.39 is 0 Å². The molecule has 4 nitrogen and oxygen atoms in total. The second kappa shape index (κ2) is 5.93. The summed E-state index contributed by atoms with van der Waals surface area (Å²) in [4.78, 5) is 4.37. The number of unbranched alkanes of at least 4 members (excludes halogenated alkanes) is 1. The molecule has 0 atom stereocenters. The van der Waals surface area contributed by atoms with Gasteiger partial charge in [0.25, 0.3) is 0 Å². The Bertz CT molecular complexity index is 259. The molecule has 0 saturated carbocycles. The predicted molar refractivity (Wildman–Crippen MR) is 60.8 cm³/mol. The summed E-state index contributed by atoms with van der Waals surface area (Å²) in [5.41, 5.74) is 5.40. The lowest BCUT2D eigenvalue weighted by molar-refractivity contribution is 0.770. The van der Waals surface area contributed by atoms with Gasteiger partial charge in [-0.05, 0) is 19.4 Å². The Morgan fingerprint density at radius 2 is 2.21 bits per heavy atom. The molecule has 0 radical (unpaired) electrons. The van der Waals surface area contributed by atoms with Crippen molar-refractivity contribution in [1.82, 2.24) is 9.36 Å². The van der Waals surface area contributed by atoms with Gasteiger partial charge in [0.15, 0.2) is 0 Å². The Hall–Kier alpha value is -0.680. The first kappa shape index (κ1) is 11.4. The van der Waals surface area contributed by atoms with Crippen molar-refractivity contribution in [2.75, 3.05) is 18.4 Å². The average Bonchev–Trinajstić information content (AvgIpc) is 2.61. The second-order valence-electron chi connectivity index (χ2n) is 3.53. The van der Waals surface area contributed by atoms with E-state index in [1.807, 2.05) is 0 Å². The van der Waals surface area contributed by atoms with Gasteiger partial charge < -0.3 is 11.1 Å². The molecule has 0 fully saturated rings. The molecule has 0 unspecified atom stereocenters. The minimum absolute atomic E-state index is 0.408. The third-order valence-corrected chi connectivity index (χ3v) is 2.55. The largest absolute Gasteiger partial charge is 0.360 e. The van der Waals surface area contributed by atoms with E-state index >= 15 is 0 Å². The Morgan fingerprint density at radius 3 is 2.79 bits per heavy atom. The number of nitrogens with one attached hydrogen (secondary N) is 1. The number of nitrogens with two attached hydrogens (primary N) is 1. The van der Waals surface area contributed by atoms with Crippen LogP contribution in [0, 0.1) is 0 Å². The molecule has 1 rings (SSSR count). The van der Waals surface area contributed by atoms with Crippen LogP contribution < -0.4 is 11.1 Å². The van der Waals surface area contributed by atoms with Crippen LogP contribution in [-0.4, -0.2) is 22.4 Å². The maximum Gasteiger partial charge on any atom is 0.202 e. The molecule has 0 aliphatic rings. The number of anilines is 1. The van der Waals surface area contributed by atoms with Gasteiger partial charge in [-0.25, -0.2) is 4.98 Å². The van der Waals surface area contributed by atoms with E-state index in [2.05, 4.69) is 28.5 Å². The van der Waals surface area contributed by atoms with Crippen LogP contribution in [0.2, 0.25) is 0 Å². The predicted octanol–water partition coefficient (Wildman–Crippen LogP) is 1.81. The zero-order chi connectivity index (χ0) is 10.4. The van der Waals surface area contributed by atoms with Crippen LogP contribution >= 0.6 is 11.5 Å². The van der Waals surface area contributed by atoms with Crippen LogP contribution in [0.25, 0.3) is 0 Å². The molecule has 0 aliphatic carbocycles. The van der Waals surface area contributed by atoms with Gasteiger partial charge in [-0.3, -0.25) is 0 Å². The summed E-state index contributed by atoms with van der Waals surface area (Å²) in [6.45, 7) is 5.89. The van der Waals surface area contributed by atoms with Crippen LogP contribution in [0.4, 0.5) is 5.13 Å². The molecule has 14 heavy (non-hydrogen) atoms. The van der Waals surface area contributed by atoms with Gasteiger partial charge in [-0.2, -0.15) is 4.37 Å².